The maximum Gasteiger partial charge on any atom is 0.251 e. The van der Waals surface area contributed by atoms with Gasteiger partial charge in [-0.1, -0.05) is 129 Å². The Kier molecular flexibility index (Phi) is 4.63. The monoisotopic (exact) mass is 560 g/mol. The summed E-state index contributed by atoms with van der Waals surface area (Å²) in [5.74, 6) is 1.24. The summed E-state index contributed by atoms with van der Waals surface area (Å²) in [5.41, 5.74) is 17.3. The van der Waals surface area contributed by atoms with Crippen LogP contribution in [0, 0.1) is 0 Å². The second kappa shape index (κ2) is 8.42. The minimum Gasteiger partial charge on any atom is -0.297 e. The average Bonchev–Trinajstić information content (AvgIpc) is 3.67. The number of benzene rings is 6. The molecule has 6 aromatic carbocycles. The Balaban J connectivity index is 1.45. The summed E-state index contributed by atoms with van der Waals surface area (Å²) < 4.78 is 2.57. The maximum atomic E-state index is 2.57. The van der Waals surface area contributed by atoms with E-state index in [9.17, 15) is 0 Å². The molecular weight excluding hydrogens is 531 g/mol. The van der Waals surface area contributed by atoms with Crippen LogP contribution in [0.2, 0.25) is 0 Å². The van der Waals surface area contributed by atoms with Crippen molar-refractivity contribution in [2.45, 2.75) is 19.3 Å². The first-order chi connectivity index (χ1) is 21.6. The molecule has 2 aliphatic heterocycles. The normalized spacial score (nSPS) is 14.7. The third kappa shape index (κ3) is 2.87. The van der Waals surface area contributed by atoms with Crippen LogP contribution in [0.4, 0.5) is 17.2 Å². The van der Waals surface area contributed by atoms with Crippen LogP contribution >= 0.6 is 0 Å². The Morgan fingerprint density at radius 3 is 1.98 bits per heavy atom. The van der Waals surface area contributed by atoms with Gasteiger partial charge in [-0.3, -0.25) is 9.47 Å². The number of fused-ring (bicyclic) bond motifs is 11. The molecule has 0 spiro atoms. The van der Waals surface area contributed by atoms with E-state index >= 15 is 0 Å². The highest BCUT2D eigenvalue weighted by Gasteiger charge is 2.47. The van der Waals surface area contributed by atoms with Gasteiger partial charge in [-0.25, -0.2) is 0 Å². The predicted molar refractivity (Wildman–Crippen MR) is 186 cm³/mol. The third-order valence-corrected chi connectivity index (χ3v) is 10.4. The summed E-state index contributed by atoms with van der Waals surface area (Å²) in [7, 11) is 0. The molecule has 1 aromatic heterocycles. The van der Waals surface area contributed by atoms with Crippen molar-refractivity contribution in [1.29, 1.82) is 0 Å². The van der Waals surface area contributed by atoms with Crippen molar-refractivity contribution in [3.05, 3.63) is 151 Å². The lowest BCUT2D eigenvalue weighted by molar-refractivity contribution is 0.661. The molecule has 2 nitrogen and oxygen atoms in total. The molecule has 0 saturated heterocycles. The van der Waals surface area contributed by atoms with Crippen molar-refractivity contribution < 1.29 is 0 Å². The number of rotatable bonds is 2. The van der Waals surface area contributed by atoms with Crippen LogP contribution in [0.15, 0.2) is 140 Å². The second-order valence-corrected chi connectivity index (χ2v) is 12.9. The summed E-state index contributed by atoms with van der Waals surface area (Å²) in [6.45, 7) is 4.91. The lowest BCUT2D eigenvalue weighted by Crippen LogP contribution is -2.54. The maximum absolute atomic E-state index is 2.57. The van der Waals surface area contributed by atoms with Crippen molar-refractivity contribution in [2.24, 2.45) is 0 Å². The molecule has 10 rings (SSSR count). The zero-order chi connectivity index (χ0) is 29.2. The summed E-state index contributed by atoms with van der Waals surface area (Å²) >= 11 is 0. The summed E-state index contributed by atoms with van der Waals surface area (Å²) in [6.07, 6.45) is 0. The van der Waals surface area contributed by atoms with Gasteiger partial charge in [-0.2, -0.15) is 0 Å². The molecule has 3 heteroatoms. The highest BCUT2D eigenvalue weighted by molar-refractivity contribution is 7.02. The van der Waals surface area contributed by atoms with E-state index < -0.39 is 0 Å². The van der Waals surface area contributed by atoms with E-state index in [2.05, 4.69) is 163 Å². The number of hydrogen-bond acceptors (Lipinski definition) is 1. The molecule has 0 unspecified atom stereocenters. The number of nitrogens with zero attached hydrogens (tertiary/aromatic N) is 2. The first-order valence-corrected chi connectivity index (χ1v) is 15.6. The van der Waals surface area contributed by atoms with Crippen molar-refractivity contribution in [1.82, 2.24) is 4.57 Å². The fraction of sp³-hybridized carbons (Fsp3) is 0.0732. The molecule has 0 fully saturated rings. The van der Waals surface area contributed by atoms with Gasteiger partial charge in [-0.15, -0.1) is 0 Å². The van der Waals surface area contributed by atoms with Crippen molar-refractivity contribution in [3.63, 3.8) is 0 Å². The second-order valence-electron chi connectivity index (χ2n) is 12.9. The fourth-order valence-corrected chi connectivity index (χ4v) is 8.59. The number of anilines is 3. The Morgan fingerprint density at radius 2 is 1.18 bits per heavy atom. The van der Waals surface area contributed by atoms with E-state index in [1.165, 1.54) is 83.6 Å². The van der Waals surface area contributed by atoms with Crippen LogP contribution < -0.4 is 21.3 Å². The van der Waals surface area contributed by atoms with Crippen LogP contribution in [0.25, 0.3) is 38.8 Å². The minimum atomic E-state index is -0.0817. The molecule has 0 saturated carbocycles. The number of aromatic nitrogens is 1. The summed E-state index contributed by atoms with van der Waals surface area (Å²) in [4.78, 5) is 2.53. The van der Waals surface area contributed by atoms with Crippen LogP contribution in [-0.2, 0) is 5.41 Å². The van der Waals surface area contributed by atoms with E-state index in [-0.39, 0.29) is 12.1 Å². The topological polar surface area (TPSA) is 8.17 Å². The van der Waals surface area contributed by atoms with E-state index in [0.717, 1.165) is 0 Å². The fourth-order valence-electron chi connectivity index (χ4n) is 8.59. The molecule has 44 heavy (non-hydrogen) atoms. The highest BCUT2D eigenvalue weighted by atomic mass is 15.3. The zero-order valence-electron chi connectivity index (χ0n) is 24.8. The van der Waals surface area contributed by atoms with Gasteiger partial charge in [0.2, 0.25) is 0 Å². The van der Waals surface area contributed by atoms with E-state index in [4.69, 9.17) is 0 Å². The molecule has 3 aliphatic rings. The van der Waals surface area contributed by atoms with Gasteiger partial charge in [0.15, 0.2) is 0 Å². The Morgan fingerprint density at radius 1 is 0.523 bits per heavy atom. The highest BCUT2D eigenvalue weighted by Crippen LogP contribution is 2.53. The molecule has 0 radical (unpaired) electrons. The molecule has 0 atom stereocenters. The number of hydrogen-bond donors (Lipinski definition) is 0. The van der Waals surface area contributed by atoms with Crippen molar-refractivity contribution >= 4 is 51.2 Å². The van der Waals surface area contributed by atoms with Crippen molar-refractivity contribution in [2.75, 3.05) is 4.90 Å². The van der Waals surface area contributed by atoms with Gasteiger partial charge in [0, 0.05) is 28.0 Å². The van der Waals surface area contributed by atoms with E-state index in [1.807, 2.05) is 0 Å². The van der Waals surface area contributed by atoms with E-state index in [0.29, 0.717) is 0 Å². The lowest BCUT2D eigenvalue weighted by atomic mass is 9.37. The van der Waals surface area contributed by atoms with Crippen LogP contribution in [0.1, 0.15) is 25.0 Å². The molecule has 0 N–H and O–H groups in total. The SMILES string of the molecule is CC1(C)c2ccccc2-c2c1ccc1c3c(n(-c4ccccc4)c21)N(c1ccccc1)c1cccc2c1B3c1ccccc1-2. The summed E-state index contributed by atoms with van der Waals surface area (Å²) in [6, 6.07) is 51.7. The lowest BCUT2D eigenvalue weighted by Gasteiger charge is -2.35. The Bertz CT molecular complexity index is 2310. The van der Waals surface area contributed by atoms with Gasteiger partial charge in [-0.05, 0) is 74.5 Å². The first-order valence-electron chi connectivity index (χ1n) is 15.6. The van der Waals surface area contributed by atoms with Crippen LogP contribution in [0.5, 0.6) is 0 Å². The smallest absolute Gasteiger partial charge is 0.251 e. The third-order valence-electron chi connectivity index (χ3n) is 10.4. The van der Waals surface area contributed by atoms with Gasteiger partial charge in [0.25, 0.3) is 6.71 Å². The molecular formula is C41H29BN2. The quantitative estimate of drug-likeness (QED) is 0.194. The first kappa shape index (κ1) is 24.2. The molecule has 7 aromatic rings. The minimum absolute atomic E-state index is 0.0817. The zero-order valence-corrected chi connectivity index (χ0v) is 24.8. The summed E-state index contributed by atoms with van der Waals surface area (Å²) in [5, 5.41) is 1.33. The van der Waals surface area contributed by atoms with Gasteiger partial charge in [0.05, 0.1) is 5.52 Å². The average molecular weight is 561 g/mol. The number of para-hydroxylation sites is 2. The standard InChI is InChI=1S/C41H29BN2/c1-41(2)32-21-11-9-19-30(32)36-33(41)25-24-31-38-40(44(39(31)36)27-16-7-4-8-17-27)43(26-14-5-3-6-15-26)35-23-13-20-29-28-18-10-12-22-34(28)42(38)37(29)35/h3-25H,1-2H3. The molecule has 1 aliphatic carbocycles. The molecule has 0 amide bonds. The molecule has 3 heterocycles. The van der Waals surface area contributed by atoms with Gasteiger partial charge < -0.3 is 0 Å². The predicted octanol–water partition coefficient (Wildman–Crippen LogP) is 8.22. The van der Waals surface area contributed by atoms with Gasteiger partial charge in [0.1, 0.15) is 5.82 Å². The Labute approximate surface area is 257 Å². The largest absolute Gasteiger partial charge is 0.297 e. The van der Waals surface area contributed by atoms with Crippen LogP contribution in [-0.4, -0.2) is 11.3 Å². The van der Waals surface area contributed by atoms with Crippen molar-refractivity contribution in [3.8, 4) is 27.9 Å². The Hall–Kier alpha value is -5.28. The van der Waals surface area contributed by atoms with E-state index in [1.54, 1.807) is 0 Å². The molecule has 0 bridgehead atoms. The van der Waals surface area contributed by atoms with Gasteiger partial charge >= 0.3 is 0 Å². The molecule has 206 valence electrons. The van der Waals surface area contributed by atoms with Crippen LogP contribution in [0.3, 0.4) is 0 Å².